The van der Waals surface area contributed by atoms with E-state index in [1.807, 2.05) is 25.3 Å². The number of piperidine rings is 1. The van der Waals surface area contributed by atoms with Crippen molar-refractivity contribution in [3.05, 3.63) is 58.0 Å². The highest BCUT2D eigenvalue weighted by Gasteiger charge is 2.21. The molecule has 0 spiro atoms. The van der Waals surface area contributed by atoms with Gasteiger partial charge in [-0.2, -0.15) is 4.98 Å². The van der Waals surface area contributed by atoms with E-state index in [1.165, 1.54) is 5.56 Å². The van der Waals surface area contributed by atoms with Crippen molar-refractivity contribution in [1.29, 1.82) is 0 Å². The molecule has 1 saturated heterocycles. The van der Waals surface area contributed by atoms with Gasteiger partial charge in [0.1, 0.15) is 0 Å². The summed E-state index contributed by atoms with van der Waals surface area (Å²) < 4.78 is 1.56. The summed E-state index contributed by atoms with van der Waals surface area (Å²) >= 11 is 0. The lowest BCUT2D eigenvalue weighted by atomic mass is 10.0. The van der Waals surface area contributed by atoms with E-state index >= 15 is 0 Å². The fourth-order valence-corrected chi connectivity index (χ4v) is 3.63. The Bertz CT molecular complexity index is 834. The van der Waals surface area contributed by atoms with E-state index < -0.39 is 0 Å². The Morgan fingerprint density at radius 3 is 2.96 bits per heavy atom. The molecule has 0 unspecified atom stereocenters. The Balaban J connectivity index is 1.50. The fraction of sp³-hybridized carbons (Fsp3) is 0.500. The van der Waals surface area contributed by atoms with E-state index in [2.05, 4.69) is 26.3 Å². The zero-order valence-corrected chi connectivity index (χ0v) is 16.0. The minimum absolute atomic E-state index is 0.0184. The topological polar surface area (TPSA) is 80.1 Å². The summed E-state index contributed by atoms with van der Waals surface area (Å²) in [5.74, 6) is -0.0184. The van der Waals surface area contributed by atoms with Gasteiger partial charge >= 0.3 is 5.69 Å². The lowest BCUT2D eigenvalue weighted by Crippen LogP contribution is -2.47. The standard InChI is InChI=1S/C20H27N5O2/c1-15-11-16(2)25(20(27)22-15)10-7-19(26)23-18-6-4-9-24(14-18)13-17-5-3-8-21-12-17/h3,5,8,11-12,18H,4,6-7,9-10,13-14H2,1-2H3,(H,23,26)/t18-/m1/s1. The molecule has 3 rings (SSSR count). The van der Waals surface area contributed by atoms with Gasteiger partial charge in [0.25, 0.3) is 0 Å². The van der Waals surface area contributed by atoms with Crippen LogP contribution < -0.4 is 11.0 Å². The number of aromatic nitrogens is 3. The van der Waals surface area contributed by atoms with E-state index in [4.69, 9.17) is 0 Å². The average Bonchev–Trinajstić information content (AvgIpc) is 2.62. The lowest BCUT2D eigenvalue weighted by molar-refractivity contribution is -0.122. The van der Waals surface area contributed by atoms with Gasteiger partial charge in [0, 0.05) is 55.9 Å². The summed E-state index contributed by atoms with van der Waals surface area (Å²) in [6, 6.07) is 6.03. The number of amides is 1. The predicted octanol–water partition coefficient (Wildman–Crippen LogP) is 1.43. The van der Waals surface area contributed by atoms with Crippen molar-refractivity contribution >= 4 is 5.91 Å². The van der Waals surface area contributed by atoms with Crippen molar-refractivity contribution in [2.24, 2.45) is 0 Å². The Labute approximate surface area is 159 Å². The zero-order chi connectivity index (χ0) is 19.2. The second-order valence-electron chi connectivity index (χ2n) is 7.23. The molecule has 7 heteroatoms. The third kappa shape index (κ3) is 5.47. The Kier molecular flexibility index (Phi) is 6.34. The molecule has 1 N–H and O–H groups in total. The van der Waals surface area contributed by atoms with Crippen LogP contribution in [0.2, 0.25) is 0 Å². The molecule has 0 aliphatic carbocycles. The van der Waals surface area contributed by atoms with E-state index in [-0.39, 0.29) is 24.1 Å². The van der Waals surface area contributed by atoms with Gasteiger partial charge in [-0.15, -0.1) is 0 Å². The van der Waals surface area contributed by atoms with Crippen molar-refractivity contribution in [2.75, 3.05) is 13.1 Å². The molecule has 1 aliphatic heterocycles. The van der Waals surface area contributed by atoms with Crippen LogP contribution >= 0.6 is 0 Å². The van der Waals surface area contributed by atoms with Gasteiger partial charge in [-0.3, -0.25) is 19.2 Å². The molecule has 0 aromatic carbocycles. The Morgan fingerprint density at radius 2 is 2.22 bits per heavy atom. The third-order valence-corrected chi connectivity index (χ3v) is 4.91. The number of rotatable bonds is 6. The van der Waals surface area contributed by atoms with Crippen LogP contribution in [0.25, 0.3) is 0 Å². The van der Waals surface area contributed by atoms with Gasteiger partial charge in [-0.05, 0) is 50.9 Å². The summed E-state index contributed by atoms with van der Waals surface area (Å²) in [4.78, 5) is 34.8. The lowest BCUT2D eigenvalue weighted by Gasteiger charge is -2.33. The number of carbonyl (C=O) groups excluding carboxylic acids is 1. The fourth-order valence-electron chi connectivity index (χ4n) is 3.63. The molecule has 27 heavy (non-hydrogen) atoms. The minimum Gasteiger partial charge on any atom is -0.352 e. The van der Waals surface area contributed by atoms with Gasteiger partial charge in [-0.25, -0.2) is 4.79 Å². The summed E-state index contributed by atoms with van der Waals surface area (Å²) in [6.07, 6.45) is 5.99. The molecule has 1 fully saturated rings. The van der Waals surface area contributed by atoms with Gasteiger partial charge in [-0.1, -0.05) is 6.07 Å². The van der Waals surface area contributed by atoms with Crippen molar-refractivity contribution < 1.29 is 4.79 Å². The van der Waals surface area contributed by atoms with Gasteiger partial charge in [0.2, 0.25) is 5.91 Å². The summed E-state index contributed by atoms with van der Waals surface area (Å²) in [7, 11) is 0. The number of nitrogens with one attached hydrogen (secondary N) is 1. The first-order valence-electron chi connectivity index (χ1n) is 9.47. The second-order valence-corrected chi connectivity index (χ2v) is 7.23. The molecule has 0 saturated carbocycles. The predicted molar refractivity (Wildman–Crippen MR) is 103 cm³/mol. The highest BCUT2D eigenvalue weighted by atomic mass is 16.2. The number of pyridine rings is 1. The Hall–Kier alpha value is -2.54. The van der Waals surface area contributed by atoms with Crippen LogP contribution in [0.4, 0.5) is 0 Å². The molecule has 0 radical (unpaired) electrons. The molecule has 2 aromatic rings. The normalized spacial score (nSPS) is 17.6. The molecule has 1 aliphatic rings. The molecule has 2 aromatic heterocycles. The maximum absolute atomic E-state index is 12.4. The Morgan fingerprint density at radius 1 is 1.37 bits per heavy atom. The molecule has 3 heterocycles. The average molecular weight is 369 g/mol. The van der Waals surface area contributed by atoms with Crippen molar-refractivity contribution in [3.8, 4) is 0 Å². The smallest absolute Gasteiger partial charge is 0.347 e. The number of carbonyl (C=O) groups is 1. The SMILES string of the molecule is Cc1cc(C)n(CCC(=O)N[C@@H]2CCCN(Cc3cccnc3)C2)c(=O)n1. The van der Waals surface area contributed by atoms with E-state index in [0.717, 1.165) is 38.2 Å². The quantitative estimate of drug-likeness (QED) is 0.833. The highest BCUT2D eigenvalue weighted by molar-refractivity contribution is 5.76. The van der Waals surface area contributed by atoms with Gasteiger partial charge in [0.15, 0.2) is 0 Å². The third-order valence-electron chi connectivity index (χ3n) is 4.91. The van der Waals surface area contributed by atoms with Crippen LogP contribution in [0.15, 0.2) is 35.4 Å². The number of nitrogens with zero attached hydrogens (tertiary/aromatic N) is 4. The monoisotopic (exact) mass is 369 g/mol. The molecule has 7 nitrogen and oxygen atoms in total. The number of aryl methyl sites for hydroxylation is 2. The molecule has 1 atom stereocenters. The minimum atomic E-state index is -0.291. The van der Waals surface area contributed by atoms with Gasteiger partial charge < -0.3 is 5.32 Å². The zero-order valence-electron chi connectivity index (χ0n) is 16.0. The maximum Gasteiger partial charge on any atom is 0.347 e. The molecule has 0 bridgehead atoms. The first kappa shape index (κ1) is 19.2. The van der Waals surface area contributed by atoms with Crippen molar-refractivity contribution in [2.45, 2.75) is 52.2 Å². The maximum atomic E-state index is 12.4. The summed E-state index contributed by atoms with van der Waals surface area (Å²) in [5.41, 5.74) is 2.43. The largest absolute Gasteiger partial charge is 0.352 e. The molecular weight excluding hydrogens is 342 g/mol. The van der Waals surface area contributed by atoms with Crippen molar-refractivity contribution in [1.82, 2.24) is 24.8 Å². The van der Waals surface area contributed by atoms with Crippen LogP contribution in [0.3, 0.4) is 0 Å². The molecule has 1 amide bonds. The number of hydrogen-bond acceptors (Lipinski definition) is 5. The van der Waals surface area contributed by atoms with Crippen molar-refractivity contribution in [3.63, 3.8) is 0 Å². The molecule has 144 valence electrons. The van der Waals surface area contributed by atoms with Gasteiger partial charge in [0.05, 0.1) is 0 Å². The van der Waals surface area contributed by atoms with E-state index in [1.54, 1.807) is 17.7 Å². The number of hydrogen-bond donors (Lipinski definition) is 1. The number of likely N-dealkylation sites (tertiary alicyclic amines) is 1. The molecular formula is C20H27N5O2. The first-order chi connectivity index (χ1) is 13.0. The first-order valence-corrected chi connectivity index (χ1v) is 9.47. The van der Waals surface area contributed by atoms with E-state index in [9.17, 15) is 9.59 Å². The summed E-state index contributed by atoms with van der Waals surface area (Å²) in [6.45, 7) is 6.74. The van der Waals surface area contributed by atoms with Crippen LogP contribution in [0.1, 0.15) is 36.2 Å². The van der Waals surface area contributed by atoms with Crippen LogP contribution in [-0.2, 0) is 17.9 Å². The van der Waals surface area contributed by atoms with Crippen LogP contribution in [-0.4, -0.2) is 44.5 Å². The second kappa shape index (κ2) is 8.90. The van der Waals surface area contributed by atoms with Crippen LogP contribution in [0.5, 0.6) is 0 Å². The summed E-state index contributed by atoms with van der Waals surface area (Å²) in [5, 5.41) is 3.12. The van der Waals surface area contributed by atoms with Crippen LogP contribution in [0, 0.1) is 13.8 Å². The van der Waals surface area contributed by atoms with E-state index in [0.29, 0.717) is 12.2 Å². The highest BCUT2D eigenvalue weighted by Crippen LogP contribution is 2.13.